The normalized spacial score (nSPS) is 17.8. The van der Waals surface area contributed by atoms with Crippen LogP contribution in [0.1, 0.15) is 23.7 Å². The fourth-order valence-corrected chi connectivity index (χ4v) is 3.71. The number of hydrogen-bond acceptors (Lipinski definition) is 9. The molecule has 0 bridgehead atoms. The minimum Gasteiger partial charge on any atom is -0.405 e. The van der Waals surface area contributed by atoms with Crippen molar-refractivity contribution in [2.45, 2.75) is 25.7 Å². The highest BCUT2D eigenvalue weighted by molar-refractivity contribution is 7.86. The number of anilines is 2. The topological polar surface area (TPSA) is 117 Å². The molecule has 13 heteroatoms. The van der Waals surface area contributed by atoms with Crippen molar-refractivity contribution in [3.63, 3.8) is 0 Å². The lowest BCUT2D eigenvalue weighted by Crippen LogP contribution is -2.32. The van der Waals surface area contributed by atoms with Gasteiger partial charge in [0.15, 0.2) is 0 Å². The van der Waals surface area contributed by atoms with Gasteiger partial charge in [0.05, 0.1) is 18.9 Å². The van der Waals surface area contributed by atoms with Crippen LogP contribution in [0.2, 0.25) is 0 Å². The van der Waals surface area contributed by atoms with E-state index in [0.717, 1.165) is 12.3 Å². The number of benzene rings is 1. The van der Waals surface area contributed by atoms with Crippen molar-refractivity contribution >= 4 is 21.9 Å². The molecule has 1 aliphatic rings. The lowest BCUT2D eigenvalue weighted by Gasteiger charge is -2.32. The zero-order chi connectivity index (χ0) is 22.8. The maximum Gasteiger partial charge on any atom is 0.573 e. The van der Waals surface area contributed by atoms with E-state index in [2.05, 4.69) is 14.7 Å². The number of rotatable bonds is 5. The summed E-state index contributed by atoms with van der Waals surface area (Å²) < 4.78 is 76.6. The molecule has 170 valence electrons. The average Bonchev–Trinajstić information content (AvgIpc) is 2.84. The summed E-state index contributed by atoms with van der Waals surface area (Å²) in [4.78, 5) is 10.00. The number of aryl methyl sites for hydroxylation is 1. The highest BCUT2D eigenvalue weighted by Crippen LogP contribution is 2.38. The van der Waals surface area contributed by atoms with Gasteiger partial charge in [-0.15, -0.1) is 13.2 Å². The van der Waals surface area contributed by atoms with Gasteiger partial charge in [-0.2, -0.15) is 13.4 Å². The fourth-order valence-electron chi connectivity index (χ4n) is 3.26. The third-order valence-corrected chi connectivity index (χ3v) is 4.80. The van der Waals surface area contributed by atoms with Crippen molar-refractivity contribution < 1.29 is 35.2 Å². The number of alkyl halides is 3. The van der Waals surface area contributed by atoms with Crippen LogP contribution < -0.4 is 19.6 Å². The van der Waals surface area contributed by atoms with Crippen molar-refractivity contribution in [1.82, 2.24) is 9.97 Å². The number of nitrogens with zero attached hydrogens (tertiary/aromatic N) is 3. The molecular formula is C18H21F3N4O5S. The van der Waals surface area contributed by atoms with E-state index in [1.807, 2.05) is 0 Å². The summed E-state index contributed by atoms with van der Waals surface area (Å²) in [5.74, 6) is -0.459. The van der Waals surface area contributed by atoms with E-state index in [1.54, 1.807) is 17.9 Å². The Hall–Kier alpha value is -2.80. The molecule has 1 atom stereocenters. The fraction of sp³-hybridized carbons (Fsp3) is 0.444. The minimum absolute atomic E-state index is 0.0302. The van der Waals surface area contributed by atoms with Gasteiger partial charge in [-0.05, 0) is 25.5 Å². The molecule has 2 heterocycles. The summed E-state index contributed by atoms with van der Waals surface area (Å²) in [5, 5.41) is 0. The van der Waals surface area contributed by atoms with Crippen LogP contribution in [0.25, 0.3) is 0 Å². The molecule has 9 nitrogen and oxygen atoms in total. The lowest BCUT2D eigenvalue weighted by molar-refractivity contribution is -0.275. The lowest BCUT2D eigenvalue weighted by atomic mass is 10.0. The highest BCUT2D eigenvalue weighted by Gasteiger charge is 2.35. The molecule has 0 aliphatic carbocycles. The standard InChI is InChI=1S/C18H21F3N4O5S/c1-11-8-16(24-17(22)23-11)25-6-3-7-28-10-14(25)13-5-4-12(30-31(2,26)27)9-15(13)29-18(19,20)21/h4-5,8-9,14H,3,6-7,10H2,1-2H3,(H2,22,23,24)/t14-/m0/s1. The SMILES string of the molecule is Cc1cc(N2CCCOC[C@H]2c2ccc(OS(C)(=O)=O)cc2OC(F)(F)F)nc(N)n1. The molecule has 3 rings (SSSR count). The Bertz CT molecular complexity index is 1030. The van der Waals surface area contributed by atoms with Crippen LogP contribution in [0.15, 0.2) is 24.3 Å². The van der Waals surface area contributed by atoms with Crippen LogP contribution in [0.5, 0.6) is 11.5 Å². The molecule has 1 fully saturated rings. The molecule has 1 aromatic carbocycles. The van der Waals surface area contributed by atoms with E-state index in [4.69, 9.17) is 14.7 Å². The van der Waals surface area contributed by atoms with E-state index in [0.29, 0.717) is 31.1 Å². The molecule has 0 unspecified atom stereocenters. The van der Waals surface area contributed by atoms with E-state index in [9.17, 15) is 21.6 Å². The van der Waals surface area contributed by atoms with Gasteiger partial charge in [-0.25, -0.2) is 4.98 Å². The van der Waals surface area contributed by atoms with E-state index in [1.165, 1.54) is 12.1 Å². The van der Waals surface area contributed by atoms with Crippen molar-refractivity contribution in [2.75, 3.05) is 36.6 Å². The van der Waals surface area contributed by atoms with E-state index < -0.39 is 28.3 Å². The summed E-state index contributed by atoms with van der Waals surface area (Å²) >= 11 is 0. The number of ether oxygens (including phenoxy) is 2. The molecule has 0 amide bonds. The Labute approximate surface area is 177 Å². The molecule has 1 aliphatic heterocycles. The number of hydrogen-bond donors (Lipinski definition) is 1. The van der Waals surface area contributed by atoms with Crippen LogP contribution in [0.4, 0.5) is 24.9 Å². The smallest absolute Gasteiger partial charge is 0.405 e. The Balaban J connectivity index is 2.09. The van der Waals surface area contributed by atoms with Gasteiger partial charge in [0.2, 0.25) is 5.95 Å². The Morgan fingerprint density at radius 3 is 2.65 bits per heavy atom. The van der Waals surface area contributed by atoms with Gasteiger partial charge in [-0.3, -0.25) is 0 Å². The van der Waals surface area contributed by atoms with Crippen LogP contribution in [0.3, 0.4) is 0 Å². The first-order valence-electron chi connectivity index (χ1n) is 9.16. The number of halogens is 3. The monoisotopic (exact) mass is 462 g/mol. The van der Waals surface area contributed by atoms with Gasteiger partial charge in [0.25, 0.3) is 0 Å². The summed E-state index contributed by atoms with van der Waals surface area (Å²) in [7, 11) is -3.95. The van der Waals surface area contributed by atoms with Crippen LogP contribution in [-0.4, -0.2) is 50.8 Å². The maximum atomic E-state index is 13.1. The van der Waals surface area contributed by atoms with Crippen LogP contribution >= 0.6 is 0 Å². The van der Waals surface area contributed by atoms with Gasteiger partial charge in [0.1, 0.15) is 17.3 Å². The van der Waals surface area contributed by atoms with Gasteiger partial charge < -0.3 is 24.3 Å². The number of nitrogens with two attached hydrogens (primary N) is 1. The van der Waals surface area contributed by atoms with Crippen molar-refractivity contribution in [1.29, 1.82) is 0 Å². The van der Waals surface area contributed by atoms with Crippen molar-refractivity contribution in [3.8, 4) is 11.5 Å². The molecule has 1 saturated heterocycles. The van der Waals surface area contributed by atoms with E-state index >= 15 is 0 Å². The molecule has 31 heavy (non-hydrogen) atoms. The highest BCUT2D eigenvalue weighted by atomic mass is 32.2. The molecule has 2 N–H and O–H groups in total. The first kappa shape index (κ1) is 22.9. The molecule has 0 spiro atoms. The van der Waals surface area contributed by atoms with Gasteiger partial charge >= 0.3 is 16.5 Å². The van der Waals surface area contributed by atoms with E-state index in [-0.39, 0.29) is 23.9 Å². The van der Waals surface area contributed by atoms with Crippen LogP contribution in [0, 0.1) is 6.92 Å². The Morgan fingerprint density at radius 2 is 2.00 bits per heavy atom. The second-order valence-corrected chi connectivity index (χ2v) is 8.47. The maximum absolute atomic E-state index is 13.1. The van der Waals surface area contributed by atoms with Crippen LogP contribution in [-0.2, 0) is 14.9 Å². The Kier molecular flexibility index (Phi) is 6.46. The molecule has 1 aromatic heterocycles. The zero-order valence-electron chi connectivity index (χ0n) is 16.7. The minimum atomic E-state index is -5.01. The average molecular weight is 462 g/mol. The summed E-state index contributed by atoms with van der Waals surface area (Å²) in [5.41, 5.74) is 6.47. The third kappa shape index (κ3) is 6.34. The summed E-state index contributed by atoms with van der Waals surface area (Å²) in [6, 6.07) is 4.39. The second kappa shape index (κ2) is 8.75. The molecule has 0 saturated carbocycles. The number of aromatic nitrogens is 2. The predicted octanol–water partition coefficient (Wildman–Crippen LogP) is 2.57. The molecule has 0 radical (unpaired) electrons. The quantitative estimate of drug-likeness (QED) is 0.669. The first-order valence-corrected chi connectivity index (χ1v) is 11.0. The van der Waals surface area contributed by atoms with Gasteiger partial charge in [0, 0.05) is 36.5 Å². The largest absolute Gasteiger partial charge is 0.573 e. The van der Waals surface area contributed by atoms with Gasteiger partial charge in [-0.1, -0.05) is 0 Å². The third-order valence-electron chi connectivity index (χ3n) is 4.31. The zero-order valence-corrected chi connectivity index (χ0v) is 17.5. The Morgan fingerprint density at radius 1 is 1.26 bits per heavy atom. The van der Waals surface area contributed by atoms with Crippen molar-refractivity contribution in [3.05, 3.63) is 35.5 Å². The number of nitrogen functional groups attached to an aromatic ring is 1. The molecular weight excluding hydrogens is 441 g/mol. The predicted molar refractivity (Wildman–Crippen MR) is 105 cm³/mol. The first-order chi connectivity index (χ1) is 14.4. The molecule has 2 aromatic rings. The van der Waals surface area contributed by atoms with Crippen molar-refractivity contribution in [2.24, 2.45) is 0 Å². The summed E-state index contributed by atoms with van der Waals surface area (Å²) in [6.45, 7) is 2.59. The second-order valence-electron chi connectivity index (χ2n) is 6.90. The summed E-state index contributed by atoms with van der Waals surface area (Å²) in [6.07, 6.45) is -3.62.